The van der Waals surface area contributed by atoms with E-state index in [1.54, 1.807) is 7.11 Å². The van der Waals surface area contributed by atoms with E-state index in [2.05, 4.69) is 46.4 Å². The number of hydrogen-bond acceptors (Lipinski definition) is 2. The average Bonchev–Trinajstić information content (AvgIpc) is 2.52. The fourth-order valence-electron chi connectivity index (χ4n) is 3.37. The number of methoxy groups -OCH3 is 1. The van der Waals surface area contributed by atoms with Gasteiger partial charge in [-0.25, -0.2) is 0 Å². The number of ether oxygens (including phenoxy) is 1. The van der Waals surface area contributed by atoms with Crippen LogP contribution in [0.4, 0.5) is 0 Å². The highest BCUT2D eigenvalue weighted by molar-refractivity contribution is 9.10. The Morgan fingerprint density at radius 1 is 1.29 bits per heavy atom. The van der Waals surface area contributed by atoms with Crippen LogP contribution in [-0.2, 0) is 0 Å². The van der Waals surface area contributed by atoms with Crippen LogP contribution in [0.3, 0.4) is 0 Å². The zero-order valence-electron chi connectivity index (χ0n) is 13.3. The van der Waals surface area contributed by atoms with Gasteiger partial charge in [-0.1, -0.05) is 55.0 Å². The van der Waals surface area contributed by atoms with Gasteiger partial charge < -0.3 is 10.1 Å². The second-order valence-corrected chi connectivity index (χ2v) is 7.05. The Kier molecular flexibility index (Phi) is 7.05. The van der Waals surface area contributed by atoms with Gasteiger partial charge in [-0.3, -0.25) is 0 Å². The van der Waals surface area contributed by atoms with Crippen molar-refractivity contribution in [2.45, 2.75) is 57.9 Å². The van der Waals surface area contributed by atoms with Gasteiger partial charge in [0, 0.05) is 16.1 Å². The van der Waals surface area contributed by atoms with Crippen LogP contribution in [-0.4, -0.2) is 13.7 Å². The third kappa shape index (κ3) is 5.00. The highest BCUT2D eigenvalue weighted by Gasteiger charge is 2.22. The normalized spacial score (nSPS) is 17.7. The second-order valence-electron chi connectivity index (χ2n) is 6.13. The minimum atomic E-state index is 0.403. The van der Waals surface area contributed by atoms with Crippen molar-refractivity contribution < 1.29 is 4.74 Å². The van der Waals surface area contributed by atoms with E-state index in [9.17, 15) is 0 Å². The summed E-state index contributed by atoms with van der Waals surface area (Å²) < 4.78 is 6.72. The zero-order valence-corrected chi connectivity index (χ0v) is 14.9. The SMILES string of the molecule is CCCNC(CC1CCCCC1)c1cc(Br)ccc1OC. The summed E-state index contributed by atoms with van der Waals surface area (Å²) in [7, 11) is 1.77. The molecular formula is C18H28BrNO. The number of benzene rings is 1. The molecule has 1 aliphatic carbocycles. The Morgan fingerprint density at radius 3 is 2.71 bits per heavy atom. The molecule has 0 aromatic heterocycles. The molecule has 0 aliphatic heterocycles. The van der Waals surface area contributed by atoms with E-state index in [4.69, 9.17) is 4.74 Å². The summed E-state index contributed by atoms with van der Waals surface area (Å²) in [6.45, 7) is 3.29. The van der Waals surface area contributed by atoms with E-state index in [0.717, 1.165) is 29.1 Å². The highest BCUT2D eigenvalue weighted by atomic mass is 79.9. The van der Waals surface area contributed by atoms with E-state index in [1.165, 1.54) is 44.1 Å². The molecule has 21 heavy (non-hydrogen) atoms. The maximum absolute atomic E-state index is 5.59. The van der Waals surface area contributed by atoms with Gasteiger partial charge in [-0.2, -0.15) is 0 Å². The van der Waals surface area contributed by atoms with Gasteiger partial charge in [0.1, 0.15) is 5.75 Å². The summed E-state index contributed by atoms with van der Waals surface area (Å²) in [5, 5.41) is 3.73. The van der Waals surface area contributed by atoms with Crippen LogP contribution in [0.1, 0.15) is 63.5 Å². The Labute approximate surface area is 137 Å². The van der Waals surface area contributed by atoms with Crippen molar-refractivity contribution >= 4 is 15.9 Å². The quantitative estimate of drug-likeness (QED) is 0.701. The van der Waals surface area contributed by atoms with E-state index in [-0.39, 0.29) is 0 Å². The molecule has 0 radical (unpaired) electrons. The fraction of sp³-hybridized carbons (Fsp3) is 0.667. The molecule has 1 atom stereocenters. The number of rotatable bonds is 7. The molecule has 1 aromatic carbocycles. The van der Waals surface area contributed by atoms with E-state index in [1.807, 2.05) is 0 Å². The van der Waals surface area contributed by atoms with Crippen LogP contribution in [0.15, 0.2) is 22.7 Å². The van der Waals surface area contributed by atoms with Gasteiger partial charge >= 0.3 is 0 Å². The summed E-state index contributed by atoms with van der Waals surface area (Å²) >= 11 is 3.60. The highest BCUT2D eigenvalue weighted by Crippen LogP contribution is 2.36. The van der Waals surface area contributed by atoms with Gasteiger partial charge in [0.15, 0.2) is 0 Å². The first kappa shape index (κ1) is 16.8. The van der Waals surface area contributed by atoms with Gasteiger partial charge in [0.05, 0.1) is 7.11 Å². The molecule has 0 saturated heterocycles. The van der Waals surface area contributed by atoms with Crippen molar-refractivity contribution in [3.05, 3.63) is 28.2 Å². The molecule has 2 nitrogen and oxygen atoms in total. The Hall–Kier alpha value is -0.540. The molecule has 0 amide bonds. The smallest absolute Gasteiger partial charge is 0.123 e. The van der Waals surface area contributed by atoms with Gasteiger partial charge in [-0.15, -0.1) is 0 Å². The van der Waals surface area contributed by atoms with Gasteiger partial charge in [0.2, 0.25) is 0 Å². The molecule has 1 aromatic rings. The maximum Gasteiger partial charge on any atom is 0.123 e. The summed E-state index contributed by atoms with van der Waals surface area (Å²) in [4.78, 5) is 0. The molecule has 0 spiro atoms. The van der Waals surface area contributed by atoms with Crippen molar-refractivity contribution in [2.24, 2.45) is 5.92 Å². The lowest BCUT2D eigenvalue weighted by atomic mass is 9.83. The topological polar surface area (TPSA) is 21.3 Å². The van der Waals surface area contributed by atoms with Crippen LogP contribution in [0.2, 0.25) is 0 Å². The summed E-state index contributed by atoms with van der Waals surface area (Å²) in [6.07, 6.45) is 9.40. The minimum Gasteiger partial charge on any atom is -0.496 e. The lowest BCUT2D eigenvalue weighted by Crippen LogP contribution is -2.25. The van der Waals surface area contributed by atoms with Gasteiger partial charge in [-0.05, 0) is 43.5 Å². The fourth-order valence-corrected chi connectivity index (χ4v) is 3.75. The van der Waals surface area contributed by atoms with Crippen molar-refractivity contribution in [3.63, 3.8) is 0 Å². The van der Waals surface area contributed by atoms with Gasteiger partial charge in [0.25, 0.3) is 0 Å². The van der Waals surface area contributed by atoms with Crippen LogP contribution in [0.25, 0.3) is 0 Å². The molecular weight excluding hydrogens is 326 g/mol. The first-order valence-electron chi connectivity index (χ1n) is 8.31. The van der Waals surface area contributed by atoms with Crippen molar-refractivity contribution in [1.29, 1.82) is 0 Å². The molecule has 1 fully saturated rings. The predicted molar refractivity (Wildman–Crippen MR) is 92.9 cm³/mol. The van der Waals surface area contributed by atoms with Crippen LogP contribution < -0.4 is 10.1 Å². The molecule has 0 bridgehead atoms. The largest absolute Gasteiger partial charge is 0.496 e. The van der Waals surface area contributed by atoms with Crippen molar-refractivity contribution in [3.8, 4) is 5.75 Å². The molecule has 1 N–H and O–H groups in total. The first-order valence-corrected chi connectivity index (χ1v) is 9.10. The third-order valence-electron chi connectivity index (χ3n) is 4.50. The molecule has 1 saturated carbocycles. The van der Waals surface area contributed by atoms with Crippen molar-refractivity contribution in [1.82, 2.24) is 5.32 Å². The summed E-state index contributed by atoms with van der Waals surface area (Å²) in [5.41, 5.74) is 1.30. The Morgan fingerprint density at radius 2 is 2.05 bits per heavy atom. The van der Waals surface area contributed by atoms with Crippen molar-refractivity contribution in [2.75, 3.05) is 13.7 Å². The molecule has 3 heteroatoms. The number of hydrogen-bond donors (Lipinski definition) is 1. The minimum absolute atomic E-state index is 0.403. The Bertz CT molecular complexity index is 429. The number of nitrogens with one attached hydrogen (secondary N) is 1. The second kappa shape index (κ2) is 8.79. The molecule has 0 heterocycles. The maximum atomic E-state index is 5.59. The lowest BCUT2D eigenvalue weighted by Gasteiger charge is -2.28. The van der Waals surface area contributed by atoms with Crippen LogP contribution in [0, 0.1) is 5.92 Å². The Balaban J connectivity index is 2.15. The first-order chi connectivity index (χ1) is 10.2. The predicted octanol–water partition coefficient (Wildman–Crippen LogP) is 5.47. The average molecular weight is 354 g/mol. The van der Waals surface area contributed by atoms with E-state index in [0.29, 0.717) is 6.04 Å². The summed E-state index contributed by atoms with van der Waals surface area (Å²) in [5.74, 6) is 1.86. The monoisotopic (exact) mass is 353 g/mol. The van der Waals surface area contributed by atoms with Crippen LogP contribution >= 0.6 is 15.9 Å². The molecule has 118 valence electrons. The zero-order chi connectivity index (χ0) is 15.1. The van der Waals surface area contributed by atoms with E-state index < -0.39 is 0 Å². The lowest BCUT2D eigenvalue weighted by molar-refractivity contribution is 0.295. The molecule has 2 rings (SSSR count). The molecule has 1 unspecified atom stereocenters. The third-order valence-corrected chi connectivity index (χ3v) is 4.99. The summed E-state index contributed by atoms with van der Waals surface area (Å²) in [6, 6.07) is 6.75. The molecule has 1 aliphatic rings. The number of halogens is 1. The van der Waals surface area contributed by atoms with E-state index >= 15 is 0 Å². The standard InChI is InChI=1S/C18H28BrNO/c1-3-11-20-17(12-14-7-5-4-6-8-14)16-13-15(19)9-10-18(16)21-2/h9-10,13-14,17,20H,3-8,11-12H2,1-2H3. The van der Waals surface area contributed by atoms with Crippen LogP contribution in [0.5, 0.6) is 5.75 Å².